The van der Waals surface area contributed by atoms with Crippen LogP contribution in [0, 0.1) is 5.92 Å². The molecule has 3 atom stereocenters. The largest absolute Gasteiger partial charge is 0.391 e. The SMILES string of the molecule is FC(F)(F)C1CCCC(NCCC2CCCCO2)C1. The van der Waals surface area contributed by atoms with Crippen molar-refractivity contribution in [2.75, 3.05) is 13.2 Å². The quantitative estimate of drug-likeness (QED) is 0.848. The molecule has 1 N–H and O–H groups in total. The normalized spacial score (nSPS) is 33.3. The number of hydrogen-bond donors (Lipinski definition) is 1. The molecule has 0 aromatic heterocycles. The molecule has 1 aliphatic carbocycles. The van der Waals surface area contributed by atoms with E-state index in [1.807, 2.05) is 0 Å². The highest BCUT2D eigenvalue weighted by atomic mass is 19.4. The molecular weight excluding hydrogens is 255 g/mol. The van der Waals surface area contributed by atoms with Crippen molar-refractivity contribution < 1.29 is 17.9 Å². The standard InChI is InChI=1S/C14H24F3NO/c15-14(16,17)11-4-3-5-12(10-11)18-8-7-13-6-1-2-9-19-13/h11-13,18H,1-10H2. The maximum Gasteiger partial charge on any atom is 0.391 e. The van der Waals surface area contributed by atoms with E-state index in [2.05, 4.69) is 5.32 Å². The summed E-state index contributed by atoms with van der Waals surface area (Å²) in [5.41, 5.74) is 0. The molecule has 0 spiro atoms. The third kappa shape index (κ3) is 4.95. The van der Waals surface area contributed by atoms with Gasteiger partial charge in [0.1, 0.15) is 0 Å². The number of halogens is 3. The van der Waals surface area contributed by atoms with Crippen LogP contribution in [0.3, 0.4) is 0 Å². The van der Waals surface area contributed by atoms with Gasteiger partial charge in [0.15, 0.2) is 0 Å². The van der Waals surface area contributed by atoms with Gasteiger partial charge in [-0.05, 0) is 51.5 Å². The summed E-state index contributed by atoms with van der Waals surface area (Å²) in [6.45, 7) is 1.62. The Balaban J connectivity index is 1.65. The molecule has 0 aromatic carbocycles. The van der Waals surface area contributed by atoms with Crippen molar-refractivity contribution >= 4 is 0 Å². The van der Waals surface area contributed by atoms with Crippen molar-refractivity contribution in [3.63, 3.8) is 0 Å². The summed E-state index contributed by atoms with van der Waals surface area (Å²) < 4.78 is 43.7. The van der Waals surface area contributed by atoms with Crippen molar-refractivity contribution in [2.45, 2.75) is 69.7 Å². The van der Waals surface area contributed by atoms with Crippen molar-refractivity contribution in [2.24, 2.45) is 5.92 Å². The van der Waals surface area contributed by atoms with Gasteiger partial charge >= 0.3 is 6.18 Å². The molecule has 19 heavy (non-hydrogen) atoms. The second-order valence-corrected chi connectivity index (χ2v) is 5.83. The number of ether oxygens (including phenoxy) is 1. The number of hydrogen-bond acceptors (Lipinski definition) is 2. The Labute approximate surface area is 113 Å². The van der Waals surface area contributed by atoms with Crippen LogP contribution < -0.4 is 5.32 Å². The van der Waals surface area contributed by atoms with Gasteiger partial charge in [0.2, 0.25) is 0 Å². The summed E-state index contributed by atoms with van der Waals surface area (Å²) in [6.07, 6.45) is 2.76. The van der Waals surface area contributed by atoms with Crippen molar-refractivity contribution in [3.05, 3.63) is 0 Å². The molecule has 0 radical (unpaired) electrons. The van der Waals surface area contributed by atoms with Crippen LogP contribution in [0.15, 0.2) is 0 Å². The molecule has 1 saturated carbocycles. The maximum atomic E-state index is 12.7. The Morgan fingerprint density at radius 2 is 1.89 bits per heavy atom. The molecule has 2 rings (SSSR count). The Morgan fingerprint density at radius 3 is 2.58 bits per heavy atom. The Morgan fingerprint density at radius 1 is 1.05 bits per heavy atom. The van der Waals surface area contributed by atoms with Crippen LogP contribution in [0.4, 0.5) is 13.2 Å². The van der Waals surface area contributed by atoms with E-state index < -0.39 is 12.1 Å². The minimum absolute atomic E-state index is 0.0314. The lowest BCUT2D eigenvalue weighted by molar-refractivity contribution is -0.183. The van der Waals surface area contributed by atoms with Gasteiger partial charge in [-0.25, -0.2) is 0 Å². The molecule has 112 valence electrons. The van der Waals surface area contributed by atoms with E-state index in [9.17, 15) is 13.2 Å². The highest BCUT2D eigenvalue weighted by molar-refractivity contribution is 4.82. The zero-order valence-corrected chi connectivity index (χ0v) is 11.3. The molecule has 3 unspecified atom stereocenters. The highest BCUT2D eigenvalue weighted by Crippen LogP contribution is 2.37. The monoisotopic (exact) mass is 279 g/mol. The third-order valence-corrected chi connectivity index (χ3v) is 4.31. The molecular formula is C14H24F3NO. The van der Waals surface area contributed by atoms with E-state index >= 15 is 0 Å². The van der Waals surface area contributed by atoms with E-state index in [-0.39, 0.29) is 12.5 Å². The van der Waals surface area contributed by atoms with E-state index in [1.54, 1.807) is 0 Å². The smallest absolute Gasteiger partial charge is 0.378 e. The molecule has 1 aliphatic heterocycles. The molecule has 2 nitrogen and oxygen atoms in total. The Kier molecular flexibility index (Phi) is 5.51. The van der Waals surface area contributed by atoms with Gasteiger partial charge in [-0.15, -0.1) is 0 Å². The van der Waals surface area contributed by atoms with Gasteiger partial charge in [-0.2, -0.15) is 13.2 Å². The Hall–Kier alpha value is -0.290. The zero-order chi connectivity index (χ0) is 13.7. The lowest BCUT2D eigenvalue weighted by Crippen LogP contribution is -2.40. The third-order valence-electron chi connectivity index (χ3n) is 4.31. The molecule has 0 amide bonds. The summed E-state index contributed by atoms with van der Waals surface area (Å²) in [7, 11) is 0. The van der Waals surface area contributed by atoms with Crippen molar-refractivity contribution in [3.8, 4) is 0 Å². The van der Waals surface area contributed by atoms with Crippen molar-refractivity contribution in [1.82, 2.24) is 5.32 Å². The minimum Gasteiger partial charge on any atom is -0.378 e. The van der Waals surface area contributed by atoms with E-state index in [0.29, 0.717) is 18.9 Å². The summed E-state index contributed by atoms with van der Waals surface area (Å²) in [4.78, 5) is 0. The van der Waals surface area contributed by atoms with Crippen LogP contribution in [0.2, 0.25) is 0 Å². The lowest BCUT2D eigenvalue weighted by Gasteiger charge is -2.31. The molecule has 1 heterocycles. The van der Waals surface area contributed by atoms with Gasteiger partial charge in [-0.3, -0.25) is 0 Å². The van der Waals surface area contributed by atoms with Crippen molar-refractivity contribution in [1.29, 1.82) is 0 Å². The second kappa shape index (κ2) is 6.93. The van der Waals surface area contributed by atoms with Gasteiger partial charge in [0, 0.05) is 12.6 Å². The first kappa shape index (κ1) is 15.1. The average molecular weight is 279 g/mol. The number of nitrogens with one attached hydrogen (secondary N) is 1. The number of alkyl halides is 3. The second-order valence-electron chi connectivity index (χ2n) is 5.83. The zero-order valence-electron chi connectivity index (χ0n) is 11.3. The van der Waals surface area contributed by atoms with Crippen LogP contribution in [0.1, 0.15) is 51.4 Å². The first-order valence-electron chi connectivity index (χ1n) is 7.47. The predicted molar refractivity (Wildman–Crippen MR) is 68.0 cm³/mol. The summed E-state index contributed by atoms with van der Waals surface area (Å²) in [5.74, 6) is -1.11. The molecule has 2 aliphatic rings. The molecule has 0 bridgehead atoms. The van der Waals surface area contributed by atoms with Gasteiger partial charge in [0.05, 0.1) is 12.0 Å². The number of rotatable bonds is 4. The van der Waals surface area contributed by atoms with E-state index in [4.69, 9.17) is 4.74 Å². The van der Waals surface area contributed by atoms with Gasteiger partial charge in [0.25, 0.3) is 0 Å². The first-order chi connectivity index (χ1) is 9.05. The highest BCUT2D eigenvalue weighted by Gasteiger charge is 2.41. The summed E-state index contributed by atoms with van der Waals surface area (Å²) in [6, 6.07) is 0.0314. The van der Waals surface area contributed by atoms with E-state index in [0.717, 1.165) is 38.8 Å². The molecule has 1 saturated heterocycles. The molecule has 5 heteroatoms. The van der Waals surface area contributed by atoms with Crippen LogP contribution in [-0.4, -0.2) is 31.5 Å². The van der Waals surface area contributed by atoms with Crippen LogP contribution >= 0.6 is 0 Å². The van der Waals surface area contributed by atoms with Crippen LogP contribution in [-0.2, 0) is 4.74 Å². The molecule has 0 aromatic rings. The van der Waals surface area contributed by atoms with Gasteiger partial charge in [-0.1, -0.05) is 6.42 Å². The lowest BCUT2D eigenvalue weighted by atomic mass is 9.85. The molecule has 2 fully saturated rings. The fraction of sp³-hybridized carbons (Fsp3) is 1.00. The van der Waals surface area contributed by atoms with Gasteiger partial charge < -0.3 is 10.1 Å². The van der Waals surface area contributed by atoms with Crippen LogP contribution in [0.25, 0.3) is 0 Å². The van der Waals surface area contributed by atoms with Crippen LogP contribution in [0.5, 0.6) is 0 Å². The fourth-order valence-electron chi connectivity index (χ4n) is 3.16. The summed E-state index contributed by atoms with van der Waals surface area (Å²) in [5, 5.41) is 3.29. The first-order valence-corrected chi connectivity index (χ1v) is 7.47. The average Bonchev–Trinajstić information content (AvgIpc) is 2.39. The minimum atomic E-state index is -4.02. The maximum absolute atomic E-state index is 12.7. The topological polar surface area (TPSA) is 21.3 Å². The van der Waals surface area contributed by atoms with E-state index in [1.165, 1.54) is 6.42 Å². The Bertz CT molecular complexity index is 264. The summed E-state index contributed by atoms with van der Waals surface area (Å²) >= 11 is 0. The predicted octanol–water partition coefficient (Wildman–Crippen LogP) is 3.66. The fourth-order valence-corrected chi connectivity index (χ4v) is 3.16.